The van der Waals surface area contributed by atoms with Gasteiger partial charge in [0, 0.05) is 23.9 Å². The van der Waals surface area contributed by atoms with Crippen molar-refractivity contribution in [3.63, 3.8) is 0 Å². The number of hydrogen-bond donors (Lipinski definition) is 2. The van der Waals surface area contributed by atoms with Crippen LogP contribution in [0.25, 0.3) is 0 Å². The van der Waals surface area contributed by atoms with Crippen LogP contribution in [0.3, 0.4) is 0 Å². The van der Waals surface area contributed by atoms with Gasteiger partial charge in [0.05, 0.1) is 14.2 Å². The molecule has 4 amide bonds. The zero-order chi connectivity index (χ0) is 20.3. The van der Waals surface area contributed by atoms with E-state index in [1.54, 1.807) is 49.4 Å². The van der Waals surface area contributed by atoms with E-state index in [9.17, 15) is 14.4 Å². The van der Waals surface area contributed by atoms with E-state index in [-0.39, 0.29) is 0 Å². The molecular formula is C20H21N3O5. The second-order valence-corrected chi connectivity index (χ2v) is 6.46. The Kier molecular flexibility index (Phi) is 5.21. The molecule has 2 aromatic rings. The van der Waals surface area contributed by atoms with E-state index in [1.807, 2.05) is 6.07 Å². The Balaban J connectivity index is 1.74. The lowest BCUT2D eigenvalue weighted by Crippen LogP contribution is -2.42. The smallest absolute Gasteiger partial charge is 0.325 e. The molecule has 28 heavy (non-hydrogen) atoms. The third kappa shape index (κ3) is 3.62. The van der Waals surface area contributed by atoms with E-state index < -0.39 is 29.9 Å². The molecule has 3 rings (SSSR count). The molecule has 2 N–H and O–H groups in total. The maximum absolute atomic E-state index is 12.8. The fraction of sp³-hybridized carbons (Fsp3) is 0.250. The van der Waals surface area contributed by atoms with Gasteiger partial charge in [0.25, 0.3) is 5.91 Å². The molecule has 0 aromatic heterocycles. The fourth-order valence-corrected chi connectivity index (χ4v) is 3.03. The summed E-state index contributed by atoms with van der Waals surface area (Å²) in [5.41, 5.74) is -0.134. The number of methoxy groups -OCH3 is 2. The van der Waals surface area contributed by atoms with Crippen LogP contribution in [0.5, 0.6) is 11.5 Å². The number of ether oxygens (including phenoxy) is 2. The first-order valence-corrected chi connectivity index (χ1v) is 8.60. The van der Waals surface area contributed by atoms with Crippen molar-refractivity contribution in [2.24, 2.45) is 0 Å². The number of carbonyl (C=O) groups is 3. The van der Waals surface area contributed by atoms with E-state index in [0.29, 0.717) is 22.7 Å². The molecule has 0 saturated carbocycles. The van der Waals surface area contributed by atoms with Crippen molar-refractivity contribution in [3.05, 3.63) is 54.1 Å². The Bertz CT molecular complexity index is 893. The predicted octanol–water partition coefficient (Wildman–Crippen LogP) is 2.11. The molecule has 8 heteroatoms. The number of benzene rings is 2. The van der Waals surface area contributed by atoms with Crippen LogP contribution in [-0.2, 0) is 15.1 Å². The summed E-state index contributed by atoms with van der Waals surface area (Å²) in [4.78, 5) is 38.5. The molecule has 2 aromatic carbocycles. The number of anilines is 1. The van der Waals surface area contributed by atoms with Gasteiger partial charge in [-0.05, 0) is 12.5 Å². The van der Waals surface area contributed by atoms with Gasteiger partial charge in [-0.2, -0.15) is 0 Å². The molecule has 1 atom stereocenters. The molecule has 0 spiro atoms. The third-order valence-electron chi connectivity index (χ3n) is 4.56. The second kappa shape index (κ2) is 7.59. The zero-order valence-electron chi connectivity index (χ0n) is 15.8. The topological polar surface area (TPSA) is 97.0 Å². The molecule has 0 unspecified atom stereocenters. The molecular weight excluding hydrogens is 362 g/mol. The predicted molar refractivity (Wildman–Crippen MR) is 102 cm³/mol. The van der Waals surface area contributed by atoms with Crippen LogP contribution >= 0.6 is 0 Å². The summed E-state index contributed by atoms with van der Waals surface area (Å²) in [5.74, 6) is 0.000722. The standard InChI is InChI=1S/C20H21N3O5/c1-20(13-7-5-4-6-8-13)18(25)23(19(26)22-20)12-17(24)21-14-9-15(27-2)11-16(10-14)28-3/h4-11H,12H2,1-3H3,(H,21,24)(H,22,26)/t20-/m0/s1. The molecule has 1 saturated heterocycles. The Morgan fingerprint density at radius 3 is 2.25 bits per heavy atom. The number of rotatable bonds is 6. The Hall–Kier alpha value is -3.55. The van der Waals surface area contributed by atoms with Crippen molar-refractivity contribution in [2.75, 3.05) is 26.1 Å². The highest BCUT2D eigenvalue weighted by atomic mass is 16.5. The summed E-state index contributed by atoms with van der Waals surface area (Å²) >= 11 is 0. The quantitative estimate of drug-likeness (QED) is 0.745. The number of nitrogens with zero attached hydrogens (tertiary/aromatic N) is 1. The van der Waals surface area contributed by atoms with Gasteiger partial charge in [0.15, 0.2) is 0 Å². The van der Waals surface area contributed by atoms with Gasteiger partial charge in [-0.1, -0.05) is 30.3 Å². The molecule has 1 aliphatic rings. The highest BCUT2D eigenvalue weighted by Crippen LogP contribution is 2.29. The van der Waals surface area contributed by atoms with Gasteiger partial charge in [-0.15, -0.1) is 0 Å². The van der Waals surface area contributed by atoms with Gasteiger partial charge >= 0.3 is 6.03 Å². The van der Waals surface area contributed by atoms with Gasteiger partial charge in [0.2, 0.25) is 5.91 Å². The number of nitrogens with one attached hydrogen (secondary N) is 2. The van der Waals surface area contributed by atoms with Crippen LogP contribution in [0.2, 0.25) is 0 Å². The number of imide groups is 1. The minimum Gasteiger partial charge on any atom is -0.497 e. The van der Waals surface area contributed by atoms with Crippen molar-refractivity contribution in [3.8, 4) is 11.5 Å². The minimum atomic E-state index is -1.21. The average molecular weight is 383 g/mol. The first-order chi connectivity index (χ1) is 13.4. The Morgan fingerprint density at radius 1 is 1.07 bits per heavy atom. The van der Waals surface area contributed by atoms with E-state index in [1.165, 1.54) is 14.2 Å². The molecule has 1 fully saturated rings. The van der Waals surface area contributed by atoms with E-state index in [2.05, 4.69) is 10.6 Å². The van der Waals surface area contributed by atoms with E-state index >= 15 is 0 Å². The van der Waals surface area contributed by atoms with E-state index in [4.69, 9.17) is 9.47 Å². The number of amides is 4. The highest BCUT2D eigenvalue weighted by molar-refractivity contribution is 6.10. The molecule has 0 bridgehead atoms. The van der Waals surface area contributed by atoms with Crippen LogP contribution in [0, 0.1) is 0 Å². The SMILES string of the molecule is COc1cc(NC(=O)CN2C(=O)N[C@@](C)(c3ccccc3)C2=O)cc(OC)c1. The summed E-state index contributed by atoms with van der Waals surface area (Å²) in [7, 11) is 3.00. The summed E-state index contributed by atoms with van der Waals surface area (Å²) in [5, 5.41) is 5.32. The summed E-state index contributed by atoms with van der Waals surface area (Å²) < 4.78 is 10.3. The van der Waals surface area contributed by atoms with Crippen LogP contribution in [-0.4, -0.2) is 43.5 Å². The van der Waals surface area contributed by atoms with Crippen molar-refractivity contribution >= 4 is 23.5 Å². The van der Waals surface area contributed by atoms with Crippen LogP contribution in [0.4, 0.5) is 10.5 Å². The fourth-order valence-electron chi connectivity index (χ4n) is 3.03. The lowest BCUT2D eigenvalue weighted by Gasteiger charge is -2.22. The van der Waals surface area contributed by atoms with E-state index in [0.717, 1.165) is 4.90 Å². The van der Waals surface area contributed by atoms with Gasteiger partial charge in [-0.3, -0.25) is 14.5 Å². The number of urea groups is 1. The third-order valence-corrected chi connectivity index (χ3v) is 4.56. The van der Waals surface area contributed by atoms with Crippen molar-refractivity contribution in [1.29, 1.82) is 0 Å². The van der Waals surface area contributed by atoms with Gasteiger partial charge in [-0.25, -0.2) is 4.79 Å². The Labute approximate surface area is 162 Å². The maximum atomic E-state index is 12.8. The molecule has 1 heterocycles. The van der Waals surface area contributed by atoms with Gasteiger partial charge < -0.3 is 20.1 Å². The molecule has 146 valence electrons. The van der Waals surface area contributed by atoms with Crippen LogP contribution < -0.4 is 20.1 Å². The Morgan fingerprint density at radius 2 is 1.68 bits per heavy atom. The lowest BCUT2D eigenvalue weighted by molar-refractivity contribution is -0.133. The molecule has 1 aliphatic heterocycles. The van der Waals surface area contributed by atoms with Crippen LogP contribution in [0.15, 0.2) is 48.5 Å². The first kappa shape index (κ1) is 19.2. The summed E-state index contributed by atoms with van der Waals surface area (Å²) in [6.45, 7) is 1.21. The molecule has 0 radical (unpaired) electrons. The molecule has 0 aliphatic carbocycles. The van der Waals surface area contributed by atoms with Crippen LogP contribution in [0.1, 0.15) is 12.5 Å². The van der Waals surface area contributed by atoms with Crippen molar-refractivity contribution < 1.29 is 23.9 Å². The monoisotopic (exact) mass is 383 g/mol. The maximum Gasteiger partial charge on any atom is 0.325 e. The summed E-state index contributed by atoms with van der Waals surface area (Å²) in [6, 6.07) is 13.2. The second-order valence-electron chi connectivity index (χ2n) is 6.46. The average Bonchev–Trinajstić information content (AvgIpc) is 2.92. The van der Waals surface area contributed by atoms with Crippen molar-refractivity contribution in [1.82, 2.24) is 10.2 Å². The highest BCUT2D eigenvalue weighted by Gasteiger charge is 2.49. The van der Waals surface area contributed by atoms with Gasteiger partial charge in [0.1, 0.15) is 23.6 Å². The minimum absolute atomic E-state index is 0.410. The normalized spacial score (nSPS) is 18.6. The molecule has 8 nitrogen and oxygen atoms in total. The number of carbonyl (C=O) groups excluding carboxylic acids is 3. The lowest BCUT2D eigenvalue weighted by atomic mass is 9.92. The largest absolute Gasteiger partial charge is 0.497 e. The zero-order valence-corrected chi connectivity index (χ0v) is 15.8. The number of hydrogen-bond acceptors (Lipinski definition) is 5. The first-order valence-electron chi connectivity index (χ1n) is 8.60. The summed E-state index contributed by atoms with van der Waals surface area (Å²) in [6.07, 6.45) is 0. The van der Waals surface area contributed by atoms with Crippen molar-refractivity contribution in [2.45, 2.75) is 12.5 Å².